The minimum absolute atomic E-state index is 0.179. The van der Waals surface area contributed by atoms with Crippen molar-refractivity contribution in [3.05, 3.63) is 51.9 Å². The van der Waals surface area contributed by atoms with Crippen molar-refractivity contribution in [3.8, 4) is 6.07 Å². The summed E-state index contributed by atoms with van der Waals surface area (Å²) in [6.07, 6.45) is 4.04. The van der Waals surface area contributed by atoms with Crippen LogP contribution in [0.15, 0.2) is 40.8 Å². The van der Waals surface area contributed by atoms with Crippen molar-refractivity contribution in [1.82, 2.24) is 4.90 Å². The molecule has 1 aliphatic heterocycles. The minimum Gasteiger partial charge on any atom is -0.480 e. The topological polar surface area (TPSA) is 81.4 Å². The number of thiocarbonyl (C=S) groups is 1. The third kappa shape index (κ3) is 4.31. The van der Waals surface area contributed by atoms with Crippen molar-refractivity contribution in [1.29, 1.82) is 5.26 Å². The van der Waals surface area contributed by atoms with Crippen LogP contribution in [-0.4, -0.2) is 32.7 Å². The van der Waals surface area contributed by atoms with Crippen LogP contribution in [0.5, 0.6) is 0 Å². The highest BCUT2D eigenvalue weighted by molar-refractivity contribution is 8.26. The minimum atomic E-state index is -1.14. The summed E-state index contributed by atoms with van der Waals surface area (Å²) in [4.78, 5) is 24.2. The quantitative estimate of drug-likeness (QED) is 0.495. The fourth-order valence-corrected chi connectivity index (χ4v) is 3.29. The molecule has 1 heterocycles. The van der Waals surface area contributed by atoms with Gasteiger partial charge in [0.15, 0.2) is 0 Å². The molecular formula is C17H14N2O3S2. The molecule has 0 saturated carbocycles. The van der Waals surface area contributed by atoms with E-state index in [1.807, 2.05) is 30.3 Å². The van der Waals surface area contributed by atoms with Crippen LogP contribution in [0, 0.1) is 11.3 Å². The Balaban J connectivity index is 2.25. The van der Waals surface area contributed by atoms with E-state index in [1.165, 1.54) is 11.6 Å². The predicted octanol–water partition coefficient (Wildman–Crippen LogP) is 2.98. The molecule has 1 fully saturated rings. The van der Waals surface area contributed by atoms with Crippen LogP contribution in [0.2, 0.25) is 0 Å². The Hall–Kier alpha value is -2.43. The van der Waals surface area contributed by atoms with Crippen molar-refractivity contribution < 1.29 is 14.7 Å². The van der Waals surface area contributed by atoms with Gasteiger partial charge in [-0.25, -0.2) is 0 Å². The maximum Gasteiger partial charge on any atom is 0.323 e. The fourth-order valence-electron chi connectivity index (χ4n) is 2.05. The van der Waals surface area contributed by atoms with Gasteiger partial charge in [0.1, 0.15) is 10.9 Å². The first kappa shape index (κ1) is 17.9. The van der Waals surface area contributed by atoms with E-state index < -0.39 is 18.4 Å². The molecule has 0 unspecified atom stereocenters. The Labute approximate surface area is 149 Å². The van der Waals surface area contributed by atoms with E-state index >= 15 is 0 Å². The second-order valence-electron chi connectivity index (χ2n) is 4.97. The Morgan fingerprint density at radius 3 is 2.62 bits per heavy atom. The van der Waals surface area contributed by atoms with Gasteiger partial charge in [0.2, 0.25) is 0 Å². The van der Waals surface area contributed by atoms with Gasteiger partial charge in [-0.1, -0.05) is 55.2 Å². The number of rotatable bonds is 5. The van der Waals surface area contributed by atoms with Crippen molar-refractivity contribution in [2.45, 2.75) is 13.3 Å². The summed E-state index contributed by atoms with van der Waals surface area (Å²) in [5, 5.41) is 18.1. The van der Waals surface area contributed by atoms with E-state index in [1.54, 1.807) is 6.08 Å². The molecule has 1 N–H and O–H groups in total. The number of hydrogen-bond acceptors (Lipinski definition) is 5. The molecule has 1 saturated heterocycles. The van der Waals surface area contributed by atoms with E-state index in [-0.39, 0.29) is 9.23 Å². The summed E-state index contributed by atoms with van der Waals surface area (Å²) >= 11 is 6.02. The molecule has 1 aromatic rings. The SMILES string of the molecule is CCc1ccc(/C=C(C#N)/C=C2\SC(=S)N(CC(=O)O)C2=O)cc1. The van der Waals surface area contributed by atoms with Crippen LogP contribution in [-0.2, 0) is 16.0 Å². The van der Waals surface area contributed by atoms with Crippen molar-refractivity contribution in [2.24, 2.45) is 0 Å². The highest BCUT2D eigenvalue weighted by Gasteiger charge is 2.33. The smallest absolute Gasteiger partial charge is 0.323 e. The summed E-state index contributed by atoms with van der Waals surface area (Å²) in [5.41, 5.74) is 2.34. The van der Waals surface area contributed by atoms with E-state index in [0.29, 0.717) is 5.57 Å². The molecule has 0 radical (unpaired) electrons. The Morgan fingerprint density at radius 1 is 1.42 bits per heavy atom. The summed E-state index contributed by atoms with van der Waals surface area (Å²) in [5.74, 6) is -1.63. The molecule has 2 rings (SSSR count). The third-order valence-corrected chi connectivity index (χ3v) is 4.67. The number of benzene rings is 1. The van der Waals surface area contributed by atoms with E-state index in [4.69, 9.17) is 17.3 Å². The summed E-state index contributed by atoms with van der Waals surface area (Å²) < 4.78 is 0.179. The number of amides is 1. The number of allylic oxidation sites excluding steroid dienone is 2. The number of hydrogen-bond donors (Lipinski definition) is 1. The van der Waals surface area contributed by atoms with Crippen LogP contribution in [0.3, 0.4) is 0 Å². The summed E-state index contributed by atoms with van der Waals surface area (Å²) in [6, 6.07) is 9.80. The Morgan fingerprint density at radius 2 is 2.08 bits per heavy atom. The van der Waals surface area contributed by atoms with Crippen LogP contribution < -0.4 is 0 Å². The molecule has 1 aromatic carbocycles. The summed E-state index contributed by atoms with van der Waals surface area (Å²) in [6.45, 7) is 1.58. The molecule has 0 atom stereocenters. The maximum absolute atomic E-state index is 12.2. The van der Waals surface area contributed by atoms with Crippen LogP contribution >= 0.6 is 24.0 Å². The van der Waals surface area contributed by atoms with Gasteiger partial charge in [0.25, 0.3) is 5.91 Å². The highest BCUT2D eigenvalue weighted by Crippen LogP contribution is 2.31. The van der Waals surface area contributed by atoms with Gasteiger partial charge in [-0.2, -0.15) is 5.26 Å². The normalized spacial score (nSPS) is 16.6. The zero-order valence-corrected chi connectivity index (χ0v) is 14.5. The van der Waals surface area contributed by atoms with Crippen molar-refractivity contribution in [3.63, 3.8) is 0 Å². The molecule has 0 bridgehead atoms. The monoisotopic (exact) mass is 358 g/mol. The first-order chi connectivity index (χ1) is 11.4. The van der Waals surface area contributed by atoms with E-state index in [9.17, 15) is 14.9 Å². The molecule has 7 heteroatoms. The number of aliphatic carboxylic acids is 1. The fraction of sp³-hybridized carbons (Fsp3) is 0.176. The first-order valence-corrected chi connectivity index (χ1v) is 8.35. The Bertz CT molecular complexity index is 789. The van der Waals surface area contributed by atoms with Crippen LogP contribution in [0.1, 0.15) is 18.1 Å². The molecule has 1 aliphatic rings. The second kappa shape index (κ2) is 7.90. The lowest BCUT2D eigenvalue weighted by atomic mass is 10.1. The van der Waals surface area contributed by atoms with Gasteiger partial charge in [-0.05, 0) is 29.7 Å². The molecule has 122 valence electrons. The average molecular weight is 358 g/mol. The molecule has 5 nitrogen and oxygen atoms in total. The highest BCUT2D eigenvalue weighted by atomic mass is 32.2. The lowest BCUT2D eigenvalue weighted by Gasteiger charge is -2.10. The predicted molar refractivity (Wildman–Crippen MR) is 97.0 cm³/mol. The molecule has 0 aliphatic carbocycles. The molecule has 24 heavy (non-hydrogen) atoms. The van der Waals surface area contributed by atoms with E-state index in [2.05, 4.69) is 6.92 Å². The second-order valence-corrected chi connectivity index (χ2v) is 6.64. The molecular weight excluding hydrogens is 344 g/mol. The number of aryl methyl sites for hydroxylation is 1. The number of nitrogens with zero attached hydrogens (tertiary/aromatic N) is 2. The number of carboxylic acid groups (broad SMARTS) is 1. The van der Waals surface area contributed by atoms with Gasteiger partial charge in [-0.3, -0.25) is 14.5 Å². The molecule has 0 spiro atoms. The van der Waals surface area contributed by atoms with Crippen molar-refractivity contribution in [2.75, 3.05) is 6.54 Å². The lowest BCUT2D eigenvalue weighted by molar-refractivity contribution is -0.140. The largest absolute Gasteiger partial charge is 0.480 e. The van der Waals surface area contributed by atoms with Gasteiger partial charge >= 0.3 is 5.97 Å². The summed E-state index contributed by atoms with van der Waals surface area (Å²) in [7, 11) is 0. The zero-order chi connectivity index (χ0) is 17.7. The van der Waals surface area contributed by atoms with Crippen molar-refractivity contribution >= 4 is 46.3 Å². The first-order valence-electron chi connectivity index (χ1n) is 7.12. The van der Waals surface area contributed by atoms with Gasteiger partial charge in [0.05, 0.1) is 16.5 Å². The zero-order valence-electron chi connectivity index (χ0n) is 12.9. The van der Waals surface area contributed by atoms with Gasteiger partial charge < -0.3 is 5.11 Å². The third-order valence-electron chi connectivity index (χ3n) is 3.29. The Kier molecular flexibility index (Phi) is 5.90. The van der Waals surface area contributed by atoms with Crippen LogP contribution in [0.25, 0.3) is 6.08 Å². The number of carboxylic acids is 1. The molecule has 0 aromatic heterocycles. The number of nitriles is 1. The van der Waals surface area contributed by atoms with E-state index in [0.717, 1.165) is 28.6 Å². The number of carbonyl (C=O) groups is 2. The van der Waals surface area contributed by atoms with Gasteiger partial charge in [0, 0.05) is 0 Å². The maximum atomic E-state index is 12.2. The van der Waals surface area contributed by atoms with Crippen LogP contribution in [0.4, 0.5) is 0 Å². The number of carbonyl (C=O) groups excluding carboxylic acids is 1. The van der Waals surface area contributed by atoms with Gasteiger partial charge in [-0.15, -0.1) is 0 Å². The standard InChI is InChI=1S/C17H14N2O3S2/c1-2-11-3-5-12(6-4-11)7-13(9-18)8-14-16(22)19(10-15(20)21)17(23)24-14/h3-8H,2,10H2,1H3,(H,20,21)/b13-7-,14-8-. The average Bonchev–Trinajstić information content (AvgIpc) is 2.82. The lowest BCUT2D eigenvalue weighted by Crippen LogP contribution is -2.33. The number of thioether (sulfide) groups is 1. The molecule has 1 amide bonds.